The predicted octanol–water partition coefficient (Wildman–Crippen LogP) is 2.60. The topological polar surface area (TPSA) is 20.2 Å². The fourth-order valence-corrected chi connectivity index (χ4v) is 1.27. The van der Waals surface area contributed by atoms with Crippen LogP contribution in [0.2, 0.25) is 0 Å². The molecule has 0 fully saturated rings. The van der Waals surface area contributed by atoms with E-state index in [1.807, 2.05) is 0 Å². The lowest BCUT2D eigenvalue weighted by Crippen LogP contribution is -1.81. The van der Waals surface area contributed by atoms with Gasteiger partial charge in [-0.15, -0.1) is 0 Å². The summed E-state index contributed by atoms with van der Waals surface area (Å²) < 4.78 is 13.3. The molecule has 0 aromatic heterocycles. The molecular formula is C7H6BrFO. The highest BCUT2D eigenvalue weighted by atomic mass is 79.9. The van der Waals surface area contributed by atoms with Gasteiger partial charge in [-0.2, -0.15) is 0 Å². The molecule has 0 heterocycles. The standard InChI is InChI=1S/C7H6BrFO/c1-4-2-5(8)3-6(10)7(4)9/h2-3,10H,1H3. The summed E-state index contributed by atoms with van der Waals surface area (Å²) in [5, 5.41) is 8.88. The first-order valence-electron chi connectivity index (χ1n) is 2.76. The van der Waals surface area contributed by atoms with Crippen LogP contribution in [-0.4, -0.2) is 5.11 Å². The Kier molecular flexibility index (Phi) is 1.94. The normalized spacial score (nSPS) is 9.90. The van der Waals surface area contributed by atoms with Gasteiger partial charge in [0.1, 0.15) is 0 Å². The van der Waals surface area contributed by atoms with Gasteiger partial charge in [0.05, 0.1) is 0 Å². The first kappa shape index (κ1) is 7.54. The van der Waals surface area contributed by atoms with Crippen LogP contribution in [-0.2, 0) is 0 Å². The minimum absolute atomic E-state index is 0.313. The molecule has 1 aromatic carbocycles. The molecule has 1 aromatic rings. The molecule has 0 aliphatic heterocycles. The zero-order chi connectivity index (χ0) is 7.72. The monoisotopic (exact) mass is 204 g/mol. The molecule has 0 aliphatic rings. The third kappa shape index (κ3) is 1.29. The van der Waals surface area contributed by atoms with Crippen molar-refractivity contribution < 1.29 is 9.50 Å². The van der Waals surface area contributed by atoms with Gasteiger partial charge in [0.15, 0.2) is 11.6 Å². The molecular weight excluding hydrogens is 199 g/mol. The number of rotatable bonds is 0. The van der Waals surface area contributed by atoms with Crippen LogP contribution < -0.4 is 0 Å². The number of hydrogen-bond acceptors (Lipinski definition) is 1. The summed E-state index contributed by atoms with van der Waals surface area (Å²) in [5.41, 5.74) is 0.437. The van der Waals surface area contributed by atoms with Crippen molar-refractivity contribution in [1.29, 1.82) is 0 Å². The minimum Gasteiger partial charge on any atom is -0.505 e. The molecule has 1 N–H and O–H groups in total. The van der Waals surface area contributed by atoms with E-state index in [0.717, 1.165) is 0 Å². The van der Waals surface area contributed by atoms with E-state index in [4.69, 9.17) is 5.11 Å². The molecule has 1 rings (SSSR count). The van der Waals surface area contributed by atoms with Crippen LogP contribution in [0.5, 0.6) is 5.75 Å². The molecule has 1 nitrogen and oxygen atoms in total. The average molecular weight is 205 g/mol. The Morgan fingerprint density at radius 3 is 2.60 bits per heavy atom. The molecule has 3 heteroatoms. The van der Waals surface area contributed by atoms with Crippen molar-refractivity contribution in [2.24, 2.45) is 0 Å². The summed E-state index contributed by atoms with van der Waals surface area (Å²) in [6, 6.07) is 2.93. The predicted molar refractivity (Wildman–Crippen MR) is 40.5 cm³/mol. The maximum Gasteiger partial charge on any atom is 0.167 e. The molecule has 0 unspecified atom stereocenters. The Labute approximate surface area is 66.6 Å². The number of aryl methyl sites for hydroxylation is 1. The number of phenolic OH excluding ortho intramolecular Hbond substituents is 1. The third-order valence-electron chi connectivity index (χ3n) is 1.20. The molecule has 0 saturated heterocycles. The fraction of sp³-hybridized carbons (Fsp3) is 0.143. The number of halogens is 2. The van der Waals surface area contributed by atoms with Crippen molar-refractivity contribution >= 4 is 15.9 Å². The SMILES string of the molecule is Cc1cc(Br)cc(O)c1F. The van der Waals surface area contributed by atoms with Gasteiger partial charge < -0.3 is 5.11 Å². The van der Waals surface area contributed by atoms with Crippen LogP contribution in [0.3, 0.4) is 0 Å². The Hall–Kier alpha value is -0.570. The Morgan fingerprint density at radius 2 is 2.10 bits per heavy atom. The van der Waals surface area contributed by atoms with Crippen molar-refractivity contribution in [2.75, 3.05) is 0 Å². The van der Waals surface area contributed by atoms with E-state index in [2.05, 4.69) is 15.9 Å². The van der Waals surface area contributed by atoms with Crippen LogP contribution in [0.4, 0.5) is 4.39 Å². The molecule has 0 spiro atoms. The average Bonchev–Trinajstić information content (AvgIpc) is 1.82. The fourth-order valence-electron chi connectivity index (χ4n) is 0.708. The highest BCUT2D eigenvalue weighted by Gasteiger charge is 2.03. The molecule has 0 radical (unpaired) electrons. The van der Waals surface area contributed by atoms with Crippen LogP contribution in [0, 0.1) is 12.7 Å². The number of benzene rings is 1. The Bertz CT molecular complexity index is 237. The summed E-state index contributed by atoms with van der Waals surface area (Å²) >= 11 is 3.12. The Balaban J connectivity index is 3.31. The van der Waals surface area contributed by atoms with Crippen LogP contribution >= 0.6 is 15.9 Å². The first-order chi connectivity index (χ1) is 4.61. The van der Waals surface area contributed by atoms with Gasteiger partial charge in [-0.05, 0) is 24.6 Å². The molecule has 10 heavy (non-hydrogen) atoms. The molecule has 0 atom stereocenters. The van der Waals surface area contributed by atoms with Gasteiger partial charge in [0.25, 0.3) is 0 Å². The summed E-state index contributed by atoms with van der Waals surface area (Å²) in [6.45, 7) is 1.60. The van der Waals surface area contributed by atoms with Crippen LogP contribution in [0.25, 0.3) is 0 Å². The smallest absolute Gasteiger partial charge is 0.167 e. The molecule has 0 saturated carbocycles. The van der Waals surface area contributed by atoms with Crippen molar-refractivity contribution in [3.05, 3.63) is 28.0 Å². The summed E-state index contributed by atoms with van der Waals surface area (Å²) in [7, 11) is 0. The van der Waals surface area contributed by atoms with E-state index < -0.39 is 5.82 Å². The second-order valence-corrected chi connectivity index (χ2v) is 2.97. The maximum absolute atomic E-state index is 12.6. The van der Waals surface area contributed by atoms with Crippen LogP contribution in [0.15, 0.2) is 16.6 Å². The minimum atomic E-state index is -0.553. The quantitative estimate of drug-likeness (QED) is 0.690. The van der Waals surface area contributed by atoms with Crippen LogP contribution in [0.1, 0.15) is 5.56 Å². The lowest BCUT2D eigenvalue weighted by molar-refractivity contribution is 0.429. The van der Waals surface area contributed by atoms with Crippen molar-refractivity contribution in [2.45, 2.75) is 6.92 Å². The summed E-state index contributed by atoms with van der Waals surface area (Å²) in [6.07, 6.45) is 0. The van der Waals surface area contributed by atoms with E-state index in [1.165, 1.54) is 6.07 Å². The second kappa shape index (κ2) is 2.58. The zero-order valence-electron chi connectivity index (χ0n) is 5.36. The number of aromatic hydroxyl groups is 1. The van der Waals surface area contributed by atoms with E-state index in [9.17, 15) is 4.39 Å². The Morgan fingerprint density at radius 1 is 1.50 bits per heavy atom. The third-order valence-corrected chi connectivity index (χ3v) is 1.66. The molecule has 54 valence electrons. The lowest BCUT2D eigenvalue weighted by atomic mass is 10.2. The molecule has 0 bridgehead atoms. The van der Waals surface area contributed by atoms with Crippen molar-refractivity contribution in [3.8, 4) is 5.75 Å². The van der Waals surface area contributed by atoms with E-state index in [1.54, 1.807) is 13.0 Å². The number of phenols is 1. The molecule has 0 amide bonds. The highest BCUT2D eigenvalue weighted by Crippen LogP contribution is 2.23. The number of hydrogen-bond donors (Lipinski definition) is 1. The van der Waals surface area contributed by atoms with Gasteiger partial charge in [0, 0.05) is 4.47 Å². The highest BCUT2D eigenvalue weighted by molar-refractivity contribution is 9.10. The van der Waals surface area contributed by atoms with Gasteiger partial charge in [-0.1, -0.05) is 15.9 Å². The van der Waals surface area contributed by atoms with Gasteiger partial charge in [-0.3, -0.25) is 0 Å². The molecule has 0 aliphatic carbocycles. The first-order valence-corrected chi connectivity index (χ1v) is 3.55. The van der Waals surface area contributed by atoms with Crippen molar-refractivity contribution in [3.63, 3.8) is 0 Å². The maximum atomic E-state index is 12.6. The largest absolute Gasteiger partial charge is 0.505 e. The van der Waals surface area contributed by atoms with Gasteiger partial charge in [-0.25, -0.2) is 4.39 Å². The van der Waals surface area contributed by atoms with Crippen molar-refractivity contribution in [1.82, 2.24) is 0 Å². The van der Waals surface area contributed by atoms with E-state index >= 15 is 0 Å². The second-order valence-electron chi connectivity index (χ2n) is 2.06. The lowest BCUT2D eigenvalue weighted by Gasteiger charge is -1.98. The summed E-state index contributed by atoms with van der Waals surface area (Å²) in [5.74, 6) is -0.866. The van der Waals surface area contributed by atoms with E-state index in [-0.39, 0.29) is 5.75 Å². The van der Waals surface area contributed by atoms with Gasteiger partial charge >= 0.3 is 0 Å². The van der Waals surface area contributed by atoms with Gasteiger partial charge in [0.2, 0.25) is 0 Å². The zero-order valence-corrected chi connectivity index (χ0v) is 6.94. The van der Waals surface area contributed by atoms with E-state index in [0.29, 0.717) is 10.0 Å². The summed E-state index contributed by atoms with van der Waals surface area (Å²) in [4.78, 5) is 0.